The van der Waals surface area contributed by atoms with Crippen molar-refractivity contribution in [2.24, 2.45) is 5.73 Å². The summed E-state index contributed by atoms with van der Waals surface area (Å²) in [7, 11) is 1.29. The number of ether oxygens (including phenoxy) is 1. The molecule has 0 radical (unpaired) electrons. The molecule has 1 aromatic heterocycles. The first-order valence-electron chi connectivity index (χ1n) is 11.6. The number of methoxy groups -OCH3 is 1. The largest absolute Gasteiger partial charge is 0.494 e. The van der Waals surface area contributed by atoms with Crippen LogP contribution in [0.5, 0.6) is 5.75 Å². The number of aromatic nitrogens is 2. The molecule has 1 heterocycles. The monoisotopic (exact) mass is 545 g/mol. The summed E-state index contributed by atoms with van der Waals surface area (Å²) in [5.41, 5.74) is 5.12. The molecular formula is C28H27ClF3N3O3. The minimum Gasteiger partial charge on any atom is -0.494 e. The van der Waals surface area contributed by atoms with Gasteiger partial charge in [0.05, 0.1) is 19.2 Å². The summed E-state index contributed by atoms with van der Waals surface area (Å²) < 4.78 is 51.3. The first-order valence-corrected chi connectivity index (χ1v) is 11.6. The predicted octanol–water partition coefficient (Wildman–Crippen LogP) is 4.45. The van der Waals surface area contributed by atoms with Gasteiger partial charge in [0.1, 0.15) is 11.6 Å². The van der Waals surface area contributed by atoms with Gasteiger partial charge in [0.2, 0.25) is 0 Å². The molecule has 0 aliphatic heterocycles. The third kappa shape index (κ3) is 5.69. The van der Waals surface area contributed by atoms with Crippen LogP contribution in [0.2, 0.25) is 0 Å². The van der Waals surface area contributed by atoms with E-state index >= 15 is 4.39 Å². The zero-order valence-electron chi connectivity index (χ0n) is 20.8. The SMILES string of the molecule is COc1cccc(-c2c(C)n(Cc3c(F)cccc3F)c(=O)n(C[C@H](N)Cc3ccccc3)c2=O)c1F.Cl. The van der Waals surface area contributed by atoms with Crippen LogP contribution in [-0.4, -0.2) is 22.3 Å². The zero-order valence-corrected chi connectivity index (χ0v) is 21.6. The average Bonchev–Trinajstić information content (AvgIpc) is 2.87. The Labute approximate surface area is 223 Å². The summed E-state index contributed by atoms with van der Waals surface area (Å²) in [6.07, 6.45) is 0.366. The Morgan fingerprint density at radius 1 is 0.895 bits per heavy atom. The minimum atomic E-state index is -0.848. The molecule has 6 nitrogen and oxygen atoms in total. The third-order valence-corrected chi connectivity index (χ3v) is 6.28. The standard InChI is InChI=1S/C28H26F3N3O3.ClH/c1-17-25(20-10-6-13-24(37-2)26(20)31)27(35)34(15-19(32)14-18-8-4-3-5-9-18)28(36)33(17)16-21-22(29)11-7-12-23(21)30;/h3-13,19H,14-16,32H2,1-2H3;1H/t19-;/m1./s1. The van der Waals surface area contributed by atoms with Gasteiger partial charge in [-0.2, -0.15) is 0 Å². The number of benzene rings is 3. The summed E-state index contributed by atoms with van der Waals surface area (Å²) in [5, 5.41) is 0. The van der Waals surface area contributed by atoms with Crippen molar-refractivity contribution in [3.8, 4) is 16.9 Å². The van der Waals surface area contributed by atoms with Gasteiger partial charge < -0.3 is 10.5 Å². The smallest absolute Gasteiger partial charge is 0.331 e. The highest BCUT2D eigenvalue weighted by molar-refractivity contribution is 5.85. The first kappa shape index (κ1) is 28.7. The van der Waals surface area contributed by atoms with Gasteiger partial charge in [0, 0.05) is 29.4 Å². The van der Waals surface area contributed by atoms with Gasteiger partial charge in [-0.15, -0.1) is 12.4 Å². The lowest BCUT2D eigenvalue weighted by molar-refractivity contribution is 0.387. The van der Waals surface area contributed by atoms with E-state index in [0.29, 0.717) is 6.42 Å². The Balaban J connectivity index is 0.00000400. The van der Waals surface area contributed by atoms with Crippen LogP contribution in [0.25, 0.3) is 11.1 Å². The molecule has 2 N–H and O–H groups in total. The molecule has 0 aliphatic rings. The van der Waals surface area contributed by atoms with Crippen LogP contribution < -0.4 is 21.7 Å². The van der Waals surface area contributed by atoms with Crippen LogP contribution in [0.15, 0.2) is 76.3 Å². The van der Waals surface area contributed by atoms with E-state index in [0.717, 1.165) is 26.8 Å². The summed E-state index contributed by atoms with van der Waals surface area (Å²) in [5.74, 6) is -2.59. The van der Waals surface area contributed by atoms with E-state index in [-0.39, 0.29) is 47.1 Å². The Hall–Kier alpha value is -3.82. The second-order valence-corrected chi connectivity index (χ2v) is 8.72. The Bertz CT molecular complexity index is 1530. The lowest BCUT2D eigenvalue weighted by atomic mass is 10.0. The summed E-state index contributed by atoms with van der Waals surface area (Å²) in [4.78, 5) is 27.2. The molecule has 0 unspecified atom stereocenters. The summed E-state index contributed by atoms with van der Waals surface area (Å²) >= 11 is 0. The van der Waals surface area contributed by atoms with E-state index < -0.39 is 41.3 Å². The number of hydrogen-bond donors (Lipinski definition) is 1. The van der Waals surface area contributed by atoms with Gasteiger partial charge in [0.25, 0.3) is 5.56 Å². The highest BCUT2D eigenvalue weighted by Crippen LogP contribution is 2.29. The molecule has 0 aliphatic carbocycles. The molecule has 4 rings (SSSR count). The molecule has 38 heavy (non-hydrogen) atoms. The van der Waals surface area contributed by atoms with E-state index in [1.54, 1.807) is 0 Å². The van der Waals surface area contributed by atoms with E-state index in [4.69, 9.17) is 10.5 Å². The lowest BCUT2D eigenvalue weighted by Gasteiger charge is -2.20. The van der Waals surface area contributed by atoms with Crippen LogP contribution in [0.3, 0.4) is 0 Å². The van der Waals surface area contributed by atoms with Crippen LogP contribution in [0, 0.1) is 24.4 Å². The van der Waals surface area contributed by atoms with Crippen molar-refractivity contribution in [2.75, 3.05) is 7.11 Å². The highest BCUT2D eigenvalue weighted by Gasteiger charge is 2.24. The maximum atomic E-state index is 15.3. The minimum absolute atomic E-state index is 0. The van der Waals surface area contributed by atoms with Gasteiger partial charge in [-0.25, -0.2) is 18.0 Å². The number of nitrogens with zero attached hydrogens (tertiary/aromatic N) is 2. The lowest BCUT2D eigenvalue weighted by Crippen LogP contribution is -2.46. The maximum absolute atomic E-state index is 15.3. The van der Waals surface area contributed by atoms with Crippen molar-refractivity contribution in [3.63, 3.8) is 0 Å². The van der Waals surface area contributed by atoms with E-state index in [1.165, 1.54) is 38.3 Å². The molecule has 0 bridgehead atoms. The van der Waals surface area contributed by atoms with E-state index in [1.807, 2.05) is 30.3 Å². The van der Waals surface area contributed by atoms with E-state index in [9.17, 15) is 18.4 Å². The van der Waals surface area contributed by atoms with Gasteiger partial charge >= 0.3 is 5.69 Å². The zero-order chi connectivity index (χ0) is 26.7. The van der Waals surface area contributed by atoms with Crippen molar-refractivity contribution in [1.82, 2.24) is 9.13 Å². The maximum Gasteiger partial charge on any atom is 0.331 e. The van der Waals surface area contributed by atoms with E-state index in [2.05, 4.69) is 0 Å². The van der Waals surface area contributed by atoms with Crippen molar-refractivity contribution < 1.29 is 17.9 Å². The fourth-order valence-electron chi connectivity index (χ4n) is 4.38. The summed E-state index contributed by atoms with van der Waals surface area (Å²) in [6, 6.07) is 16.3. The van der Waals surface area contributed by atoms with Gasteiger partial charge in [0.15, 0.2) is 11.6 Å². The van der Waals surface area contributed by atoms with Crippen molar-refractivity contribution >= 4 is 12.4 Å². The van der Waals surface area contributed by atoms with Crippen molar-refractivity contribution in [3.05, 3.63) is 122 Å². The quantitative estimate of drug-likeness (QED) is 0.355. The number of nitrogens with two attached hydrogens (primary N) is 1. The molecule has 0 spiro atoms. The van der Waals surface area contributed by atoms with Crippen LogP contribution in [0.4, 0.5) is 13.2 Å². The molecule has 3 aromatic carbocycles. The predicted molar refractivity (Wildman–Crippen MR) is 142 cm³/mol. The van der Waals surface area contributed by atoms with Crippen LogP contribution in [-0.2, 0) is 19.5 Å². The van der Waals surface area contributed by atoms with Crippen molar-refractivity contribution in [2.45, 2.75) is 32.5 Å². The first-order chi connectivity index (χ1) is 17.7. The number of hydrogen-bond acceptors (Lipinski definition) is 4. The Morgan fingerprint density at radius 3 is 2.16 bits per heavy atom. The van der Waals surface area contributed by atoms with Gasteiger partial charge in [-0.05, 0) is 37.1 Å². The molecule has 0 amide bonds. The molecule has 200 valence electrons. The highest BCUT2D eigenvalue weighted by atomic mass is 35.5. The molecule has 0 saturated heterocycles. The average molecular weight is 546 g/mol. The molecule has 0 saturated carbocycles. The Morgan fingerprint density at radius 2 is 1.53 bits per heavy atom. The number of halogens is 4. The molecular weight excluding hydrogens is 519 g/mol. The topological polar surface area (TPSA) is 79.2 Å². The van der Waals surface area contributed by atoms with Gasteiger partial charge in [-0.1, -0.05) is 48.5 Å². The normalized spacial score (nSPS) is 11.6. The fraction of sp³-hybridized carbons (Fsp3) is 0.214. The third-order valence-electron chi connectivity index (χ3n) is 6.28. The Kier molecular flexibility index (Phi) is 9.19. The van der Waals surface area contributed by atoms with Crippen LogP contribution in [0.1, 0.15) is 16.8 Å². The number of rotatable bonds is 8. The molecule has 4 aromatic rings. The van der Waals surface area contributed by atoms with Gasteiger partial charge in [-0.3, -0.25) is 13.9 Å². The second kappa shape index (κ2) is 12.1. The molecule has 0 fully saturated rings. The molecule has 1 atom stereocenters. The molecule has 10 heteroatoms. The fourth-order valence-corrected chi connectivity index (χ4v) is 4.38. The summed E-state index contributed by atoms with van der Waals surface area (Å²) in [6.45, 7) is 0.741. The second-order valence-electron chi connectivity index (χ2n) is 8.72. The van der Waals surface area contributed by atoms with Crippen molar-refractivity contribution in [1.29, 1.82) is 0 Å². The van der Waals surface area contributed by atoms with Crippen LogP contribution >= 0.6 is 12.4 Å².